The predicted molar refractivity (Wildman–Crippen MR) is 139 cm³/mol. The molecule has 0 atom stereocenters. The van der Waals surface area contributed by atoms with Gasteiger partial charge >= 0.3 is 0 Å². The molecule has 0 aliphatic carbocycles. The van der Waals surface area contributed by atoms with Crippen molar-refractivity contribution >= 4 is 31.3 Å². The number of aromatic nitrogens is 2. The van der Waals surface area contributed by atoms with Gasteiger partial charge in [-0.1, -0.05) is 60.9 Å². The first kappa shape index (κ1) is 27.4. The average Bonchev–Trinajstić information content (AvgIpc) is 3.18. The SMILES string of the molecule is C[Si](C)(C)CCOCn1c(C#CCCO)cnc1C(c1ccc(F)c(Cl)c1)c1ccc(F)c(Cl)c1. The van der Waals surface area contributed by atoms with Crippen LogP contribution in [0.1, 0.15) is 35.0 Å². The standard InChI is InChI=1S/C26H28Cl2F2N2O2Si/c1-35(2,3)13-12-34-17-32-20(6-4-5-11-33)16-31-26(32)25(18-7-9-23(29)21(27)14-18)19-8-10-24(30)22(28)15-19/h7-10,14-16,25,33H,5,11-13,17H2,1-3H3. The van der Waals surface area contributed by atoms with Crippen molar-refractivity contribution in [3.8, 4) is 11.8 Å². The topological polar surface area (TPSA) is 47.3 Å². The molecular weight excluding hydrogens is 509 g/mol. The Morgan fingerprint density at radius 1 is 1.06 bits per heavy atom. The van der Waals surface area contributed by atoms with Crippen LogP contribution in [0.2, 0.25) is 35.7 Å². The maximum atomic E-state index is 14.0. The lowest BCUT2D eigenvalue weighted by Gasteiger charge is -2.21. The van der Waals surface area contributed by atoms with Crippen LogP contribution in [0.3, 0.4) is 0 Å². The molecular formula is C26H28Cl2F2N2O2Si. The summed E-state index contributed by atoms with van der Waals surface area (Å²) >= 11 is 12.2. The van der Waals surface area contributed by atoms with Gasteiger partial charge in [-0.05, 0) is 47.4 Å². The van der Waals surface area contributed by atoms with Gasteiger partial charge in [0.1, 0.15) is 29.9 Å². The van der Waals surface area contributed by atoms with Gasteiger partial charge in [-0.2, -0.15) is 0 Å². The number of aliphatic hydroxyl groups excluding tert-OH is 1. The van der Waals surface area contributed by atoms with Crippen molar-refractivity contribution in [2.24, 2.45) is 0 Å². The van der Waals surface area contributed by atoms with Crippen LogP contribution in [0.15, 0.2) is 42.6 Å². The lowest BCUT2D eigenvalue weighted by Crippen LogP contribution is -2.22. The molecule has 3 rings (SSSR count). The Morgan fingerprint density at radius 3 is 2.17 bits per heavy atom. The number of hydrogen-bond donors (Lipinski definition) is 1. The average molecular weight is 538 g/mol. The summed E-state index contributed by atoms with van der Waals surface area (Å²) in [7, 11) is -1.29. The van der Waals surface area contributed by atoms with Gasteiger partial charge in [-0.15, -0.1) is 0 Å². The van der Waals surface area contributed by atoms with Crippen LogP contribution in [0.4, 0.5) is 8.78 Å². The zero-order valence-electron chi connectivity index (χ0n) is 19.9. The number of imidazole rings is 1. The van der Waals surface area contributed by atoms with Crippen LogP contribution < -0.4 is 0 Å². The van der Waals surface area contributed by atoms with Crippen molar-refractivity contribution in [2.45, 2.75) is 44.8 Å². The van der Waals surface area contributed by atoms with E-state index in [1.165, 1.54) is 24.3 Å². The lowest BCUT2D eigenvalue weighted by atomic mass is 9.90. The van der Waals surface area contributed by atoms with Crippen molar-refractivity contribution in [3.05, 3.63) is 86.9 Å². The lowest BCUT2D eigenvalue weighted by molar-refractivity contribution is 0.0844. The van der Waals surface area contributed by atoms with E-state index in [-0.39, 0.29) is 23.4 Å². The van der Waals surface area contributed by atoms with E-state index >= 15 is 0 Å². The van der Waals surface area contributed by atoms with Gasteiger partial charge in [-0.25, -0.2) is 13.8 Å². The van der Waals surface area contributed by atoms with E-state index in [9.17, 15) is 8.78 Å². The minimum absolute atomic E-state index is 0.0341. The minimum Gasteiger partial charge on any atom is -0.395 e. The van der Waals surface area contributed by atoms with Crippen LogP contribution in [0.5, 0.6) is 0 Å². The van der Waals surface area contributed by atoms with Gasteiger partial charge < -0.3 is 9.84 Å². The van der Waals surface area contributed by atoms with Gasteiger partial charge in [0.25, 0.3) is 0 Å². The normalized spacial score (nSPS) is 11.6. The molecule has 1 N–H and O–H groups in total. The molecule has 0 aliphatic rings. The van der Waals surface area contributed by atoms with E-state index in [4.69, 9.17) is 33.0 Å². The Hall–Kier alpha value is -2.21. The first-order chi connectivity index (χ1) is 16.6. The third-order valence-corrected chi connectivity index (χ3v) is 7.65. The number of nitrogens with zero attached hydrogens (tertiary/aromatic N) is 2. The summed E-state index contributed by atoms with van der Waals surface area (Å²) in [5.41, 5.74) is 1.92. The van der Waals surface area contributed by atoms with Gasteiger partial charge in [0.2, 0.25) is 0 Å². The fourth-order valence-corrected chi connectivity index (χ4v) is 4.61. The zero-order chi connectivity index (χ0) is 25.6. The van der Waals surface area contributed by atoms with E-state index in [1.807, 2.05) is 4.57 Å². The summed E-state index contributed by atoms with van der Waals surface area (Å²) in [5.74, 6) is 4.90. The summed E-state index contributed by atoms with van der Waals surface area (Å²) in [4.78, 5) is 4.63. The highest BCUT2D eigenvalue weighted by Gasteiger charge is 2.25. The monoisotopic (exact) mass is 536 g/mol. The number of ether oxygens (including phenoxy) is 1. The molecule has 9 heteroatoms. The molecule has 4 nitrogen and oxygen atoms in total. The smallest absolute Gasteiger partial charge is 0.141 e. The van der Waals surface area contributed by atoms with E-state index in [1.54, 1.807) is 18.3 Å². The van der Waals surface area contributed by atoms with Crippen LogP contribution in [0, 0.1) is 23.5 Å². The highest BCUT2D eigenvalue weighted by molar-refractivity contribution is 6.76. The number of aliphatic hydroxyl groups is 1. The van der Waals surface area contributed by atoms with Crippen LogP contribution >= 0.6 is 23.2 Å². The predicted octanol–water partition coefficient (Wildman–Crippen LogP) is 6.69. The summed E-state index contributed by atoms with van der Waals surface area (Å²) in [6.45, 7) is 7.56. The molecule has 0 fully saturated rings. The molecule has 0 amide bonds. The van der Waals surface area contributed by atoms with Crippen molar-refractivity contribution in [1.82, 2.24) is 9.55 Å². The zero-order valence-corrected chi connectivity index (χ0v) is 22.4. The van der Waals surface area contributed by atoms with Crippen molar-refractivity contribution in [3.63, 3.8) is 0 Å². The van der Waals surface area contributed by atoms with E-state index in [2.05, 4.69) is 36.5 Å². The summed E-state index contributed by atoms with van der Waals surface area (Å²) in [5, 5.41) is 9.05. The highest BCUT2D eigenvalue weighted by Crippen LogP contribution is 2.35. The van der Waals surface area contributed by atoms with Gasteiger partial charge in [0.05, 0.1) is 28.8 Å². The van der Waals surface area contributed by atoms with Gasteiger partial charge in [-0.3, -0.25) is 4.57 Å². The number of hydrogen-bond acceptors (Lipinski definition) is 3. The van der Waals surface area contributed by atoms with Crippen molar-refractivity contribution < 1.29 is 18.6 Å². The van der Waals surface area contributed by atoms with Crippen LogP contribution in [-0.2, 0) is 11.5 Å². The Balaban J connectivity index is 2.10. The molecule has 0 radical (unpaired) electrons. The van der Waals surface area contributed by atoms with Crippen molar-refractivity contribution in [2.75, 3.05) is 13.2 Å². The number of benzene rings is 2. The molecule has 3 aromatic rings. The number of rotatable bonds is 9. The molecule has 0 saturated carbocycles. The molecule has 186 valence electrons. The van der Waals surface area contributed by atoms with Gasteiger partial charge in [0, 0.05) is 21.1 Å². The molecule has 0 saturated heterocycles. The molecule has 1 aromatic heterocycles. The second kappa shape index (κ2) is 12.2. The Bertz CT molecular complexity index is 1180. The maximum absolute atomic E-state index is 14.0. The van der Waals surface area contributed by atoms with E-state index < -0.39 is 25.6 Å². The molecule has 1 heterocycles. The van der Waals surface area contributed by atoms with Gasteiger partial charge in [0.15, 0.2) is 0 Å². The quantitative estimate of drug-likeness (QED) is 0.188. The van der Waals surface area contributed by atoms with Crippen LogP contribution in [-0.4, -0.2) is 35.9 Å². The number of halogens is 4. The minimum atomic E-state index is -1.29. The molecule has 35 heavy (non-hydrogen) atoms. The van der Waals surface area contributed by atoms with Crippen molar-refractivity contribution in [1.29, 1.82) is 0 Å². The van der Waals surface area contributed by atoms with E-state index in [0.29, 0.717) is 35.7 Å². The summed E-state index contributed by atoms with van der Waals surface area (Å²) in [6.07, 6.45) is 1.95. The first-order valence-electron chi connectivity index (χ1n) is 11.2. The summed E-state index contributed by atoms with van der Waals surface area (Å²) < 4.78 is 35.8. The second-order valence-corrected chi connectivity index (χ2v) is 15.8. The fraction of sp³-hybridized carbons (Fsp3) is 0.346. The fourth-order valence-electron chi connectivity index (χ4n) is 3.47. The van der Waals surface area contributed by atoms with E-state index in [0.717, 1.165) is 6.04 Å². The largest absolute Gasteiger partial charge is 0.395 e. The molecule has 2 aromatic carbocycles. The first-order valence-corrected chi connectivity index (χ1v) is 15.7. The third kappa shape index (κ3) is 7.39. The molecule has 0 aliphatic heterocycles. The highest BCUT2D eigenvalue weighted by atomic mass is 35.5. The third-order valence-electron chi connectivity index (χ3n) is 5.37. The Labute approximate surface area is 215 Å². The molecule has 0 unspecified atom stereocenters. The second-order valence-electron chi connectivity index (χ2n) is 9.33. The molecule has 0 spiro atoms. The van der Waals surface area contributed by atoms with Crippen LogP contribution in [0.25, 0.3) is 0 Å². The Morgan fingerprint density at radius 2 is 1.66 bits per heavy atom. The maximum Gasteiger partial charge on any atom is 0.141 e. The Kier molecular flexibility index (Phi) is 9.51. The summed E-state index contributed by atoms with van der Waals surface area (Å²) in [6, 6.07) is 9.86. The molecule has 0 bridgehead atoms.